The van der Waals surface area contributed by atoms with Gasteiger partial charge in [-0.05, 0) is 120 Å². The van der Waals surface area contributed by atoms with Crippen LogP contribution < -0.4 is 30.8 Å². The van der Waals surface area contributed by atoms with Crippen molar-refractivity contribution in [2.24, 2.45) is 10.8 Å². The number of carbonyl (C=O) groups excluding carboxylic acids is 6. The number of hydrogen-bond donors (Lipinski definition) is 7. The van der Waals surface area contributed by atoms with Crippen molar-refractivity contribution in [2.45, 2.75) is 173 Å². The smallest absolute Gasteiger partial charge is 0.480 e. The van der Waals surface area contributed by atoms with Crippen molar-refractivity contribution in [1.29, 1.82) is 0 Å². The molecule has 6 heterocycles. The maximum Gasteiger partial charge on any atom is 0.524 e. The third-order valence-electron chi connectivity index (χ3n) is 19.9. The number of phosphoric ester groups is 1. The summed E-state index contributed by atoms with van der Waals surface area (Å²) < 4.78 is 191. The number of aromatic nitrogens is 4. The average Bonchev–Trinajstić information content (AvgIpc) is 1.37. The first kappa shape index (κ1) is 84.4. The van der Waals surface area contributed by atoms with Crippen molar-refractivity contribution in [2.75, 3.05) is 58.5 Å². The number of carboxylic acids is 1. The third kappa shape index (κ3) is 20.1. The van der Waals surface area contributed by atoms with Crippen molar-refractivity contribution in [3.63, 3.8) is 0 Å². The van der Waals surface area contributed by atoms with E-state index in [1.165, 1.54) is 63.5 Å². The molecule has 2 unspecified atom stereocenters. The number of carbonyl (C=O) groups is 7. The van der Waals surface area contributed by atoms with E-state index in [1.54, 1.807) is 5.32 Å². The summed E-state index contributed by atoms with van der Waals surface area (Å²) in [7, 11) is -4.10. The molecule has 9 rings (SSSR count). The van der Waals surface area contributed by atoms with E-state index >= 15 is 44.7 Å². The maximum atomic E-state index is 16.9. The summed E-state index contributed by atoms with van der Waals surface area (Å²) in [6.45, 7) is 2.78. The molecule has 0 spiro atoms. The molecule has 4 fully saturated rings. The van der Waals surface area contributed by atoms with Crippen molar-refractivity contribution in [1.82, 2.24) is 55.9 Å². The molecule has 0 radical (unpaired) electrons. The molecule has 0 saturated carbocycles. The highest BCUT2D eigenvalue weighted by molar-refractivity contribution is 7.46. The highest BCUT2D eigenvalue weighted by Gasteiger charge is 2.58. The summed E-state index contributed by atoms with van der Waals surface area (Å²) in [5.74, 6) is -4.49. The number of alkyl carbamates (subject to hydrolysis) is 2. The predicted octanol–water partition coefficient (Wildman–Crippen LogP) is 8.33. The second-order valence-electron chi connectivity index (χ2n) is 29.0. The number of hydrogen-bond acceptors (Lipinski definition) is 19. The average molecular weight is 1580 g/mol. The quantitative estimate of drug-likeness (QED) is 0.00617. The predicted molar refractivity (Wildman–Crippen MR) is 369 cm³/mol. The number of esters is 1. The minimum atomic E-state index is -5.58. The first-order chi connectivity index (χ1) is 51.4. The van der Waals surface area contributed by atoms with Crippen molar-refractivity contribution < 1.29 is 120 Å². The normalized spacial score (nSPS) is 18.3. The minimum Gasteiger partial charge on any atom is -0.480 e. The Bertz CT molecular complexity index is 4300. The summed E-state index contributed by atoms with van der Waals surface area (Å²) in [5.41, 5.74) is -7.77. The van der Waals surface area contributed by atoms with Crippen molar-refractivity contribution in [3.8, 4) is 28.8 Å². The van der Waals surface area contributed by atoms with Gasteiger partial charge in [-0.15, -0.1) is 0 Å². The molecule has 4 aliphatic heterocycles. The van der Waals surface area contributed by atoms with Crippen LogP contribution in [0.25, 0.3) is 11.3 Å². The molecule has 3 aromatic carbocycles. The van der Waals surface area contributed by atoms with E-state index in [2.05, 4.69) is 56.9 Å². The first-order valence-electron chi connectivity index (χ1n) is 34.5. The molecule has 7 atom stereocenters. The van der Waals surface area contributed by atoms with Crippen LogP contribution in [0.3, 0.4) is 0 Å². The number of phosphoric acid groups is 1. The molecule has 110 heavy (non-hydrogen) atoms. The van der Waals surface area contributed by atoms with Gasteiger partial charge >= 0.3 is 50.8 Å². The number of nitrogens with one attached hydrogen (secondary N) is 4. The summed E-state index contributed by atoms with van der Waals surface area (Å²) in [6.07, 6.45) is -12.6. The molecular weight excluding hydrogens is 1500 g/mol. The Hall–Kier alpha value is -9.67. The molecule has 4 saturated heterocycles. The van der Waals surface area contributed by atoms with Gasteiger partial charge < -0.3 is 54.3 Å². The van der Waals surface area contributed by atoms with E-state index in [0.717, 1.165) is 50.3 Å². The van der Waals surface area contributed by atoms with Crippen LogP contribution in [0.5, 0.6) is 5.75 Å². The number of fused-ring (bicyclic) bond motifs is 2. The number of rotatable bonds is 28. The van der Waals surface area contributed by atoms with Gasteiger partial charge in [-0.3, -0.25) is 39.3 Å². The number of hydrazine groups is 1. The van der Waals surface area contributed by atoms with Gasteiger partial charge in [0, 0.05) is 84.5 Å². The SMILES string of the molecule is COC(=O)N[C@H](C(=O)N[C@@H](Cc1ccc(C#Cc2cnc(N3CC4CCC(C3)N4C3COC3)nc2)cc1)[C@H](CN(Cc1c(F)cc(-c2ccn(C(F)F)n2)cc1F)NC(=O)[C@@H](NC(=O)OC)C(C)(C)C(F)(F)F)OC(=O)CC(C)(C)c1c(CC(=O)N2CCC[C@H]2C(=O)O)cc(C)cc1OP(=O)(O)O)C(C)(C)C(F)(F)F. The molecule has 2 aromatic heterocycles. The summed E-state index contributed by atoms with van der Waals surface area (Å²) in [5, 5.41) is 20.1. The number of anilines is 1. The number of halogens is 10. The molecular formula is C71H83F10N12O16P. The minimum absolute atomic E-state index is 0.0228. The summed E-state index contributed by atoms with van der Waals surface area (Å²) >= 11 is 0. The standard InChI is InChI=1S/C71H83F10N12O16P/c1-38-23-43(28-55(94)91-21-10-11-52(91)62(98)99)57(53(24-38)109-110(102,103)104)67(2,3)29-56(95)108-54(35-90(88-61(97)59(86-66(101)106-9)69(6,7)71(79,80)81)34-47-48(72)26-42(27-49(47)73)50-20-22-92(87-50)63(74)75)51(84-60(96)58(85-65(100)105-8)68(4,5)70(76,77)78)25-40-15-12-39(13-16-40)14-17-41-30-82-64(83-31-41)89-32-44-18-19-45(33-89)93(44)46-36-107-37-46/h12-13,15-16,20,22-24,26-27,30-31,44-46,51-52,54,58-59,63H,10-11,18-19,21,25,28-29,32-37H2,1-9H3,(H,84,96)(H,85,100)(H,86,101)(H,88,97)(H,98,99)(H2,102,103,104)/t44?,45?,51-,52-,54-,58+,59+/m0/s1. The summed E-state index contributed by atoms with van der Waals surface area (Å²) in [4.78, 5) is 133. The monoisotopic (exact) mass is 1580 g/mol. The Morgan fingerprint density at radius 1 is 0.764 bits per heavy atom. The Labute approximate surface area is 624 Å². The third-order valence-corrected chi connectivity index (χ3v) is 20.4. The Morgan fingerprint density at radius 3 is 1.85 bits per heavy atom. The van der Waals surface area contributed by atoms with Crippen molar-refractivity contribution in [3.05, 3.63) is 124 Å². The number of alkyl halides is 8. The van der Waals surface area contributed by atoms with E-state index in [0.29, 0.717) is 106 Å². The molecule has 5 aromatic rings. The van der Waals surface area contributed by atoms with Gasteiger partial charge in [0.1, 0.15) is 41.6 Å². The Morgan fingerprint density at radius 2 is 1.34 bits per heavy atom. The number of nitrogens with zero attached hydrogens (tertiary/aromatic N) is 8. The van der Waals surface area contributed by atoms with Gasteiger partial charge in [-0.2, -0.15) is 40.2 Å². The van der Waals surface area contributed by atoms with Crippen LogP contribution in [0.4, 0.5) is 59.4 Å². The lowest BCUT2D eigenvalue weighted by Gasteiger charge is -2.47. The molecule has 4 aliphatic rings. The number of likely N-dealkylation sites (tertiary alicyclic amines) is 1. The lowest BCUT2D eigenvalue weighted by molar-refractivity contribution is -0.221. The second-order valence-corrected chi connectivity index (χ2v) is 30.2. The van der Waals surface area contributed by atoms with Crippen LogP contribution in [-0.4, -0.2) is 206 Å². The van der Waals surface area contributed by atoms with Gasteiger partial charge in [0.25, 0.3) is 5.91 Å². The fourth-order valence-electron chi connectivity index (χ4n) is 13.8. The van der Waals surface area contributed by atoms with Crippen LogP contribution in [-0.2, 0) is 72.3 Å². The van der Waals surface area contributed by atoms with E-state index in [4.69, 9.17) is 14.0 Å². The number of benzene rings is 3. The van der Waals surface area contributed by atoms with E-state index in [1.807, 2.05) is 5.32 Å². The fraction of sp³-hybridized carbons (Fsp3) is 0.521. The zero-order valence-electron chi connectivity index (χ0n) is 61.0. The van der Waals surface area contributed by atoms with Gasteiger partial charge in [0.2, 0.25) is 17.8 Å². The largest absolute Gasteiger partial charge is 0.524 e. The van der Waals surface area contributed by atoms with Crippen LogP contribution in [0.1, 0.15) is 119 Å². The van der Waals surface area contributed by atoms with Crippen LogP contribution in [0.15, 0.2) is 73.2 Å². The lowest BCUT2D eigenvalue weighted by Crippen LogP contribution is -2.64. The zero-order valence-corrected chi connectivity index (χ0v) is 61.9. The van der Waals surface area contributed by atoms with E-state index in [-0.39, 0.29) is 46.3 Å². The van der Waals surface area contributed by atoms with Crippen LogP contribution in [0.2, 0.25) is 0 Å². The highest BCUT2D eigenvalue weighted by atomic mass is 31.2. The van der Waals surface area contributed by atoms with Gasteiger partial charge in [-0.1, -0.05) is 43.9 Å². The molecule has 5 amide bonds. The molecule has 39 heteroatoms. The van der Waals surface area contributed by atoms with E-state index < -0.39 is 182 Å². The van der Waals surface area contributed by atoms with Gasteiger partial charge in [0.15, 0.2) is 0 Å². The lowest BCUT2D eigenvalue weighted by atomic mass is 9.77. The Balaban J connectivity index is 1.17. The number of amides is 5. The Kier molecular flexibility index (Phi) is 26.0. The number of aryl methyl sites for hydroxylation is 1. The van der Waals surface area contributed by atoms with Gasteiger partial charge in [-0.25, -0.2) is 47.4 Å². The number of aliphatic carboxylic acids is 1. The highest BCUT2D eigenvalue weighted by Crippen LogP contribution is 2.47. The number of methoxy groups -OCH3 is 2. The summed E-state index contributed by atoms with van der Waals surface area (Å²) in [6, 6.07) is 2.45. The fourth-order valence-corrected chi connectivity index (χ4v) is 14.2. The van der Waals surface area contributed by atoms with E-state index in [9.17, 15) is 52.2 Å². The topological polar surface area (TPSA) is 348 Å². The van der Waals surface area contributed by atoms with Crippen molar-refractivity contribution >= 4 is 55.6 Å². The first-order valence-corrected chi connectivity index (χ1v) is 36.0. The van der Waals surface area contributed by atoms with Gasteiger partial charge in [0.05, 0.1) is 81.0 Å². The molecule has 7 N–H and O–H groups in total. The number of carboxylic acid groups (broad SMARTS) is 1. The number of piperazine rings is 1. The molecule has 598 valence electrons. The molecule has 28 nitrogen and oxygen atoms in total. The van der Waals surface area contributed by atoms with Crippen LogP contribution >= 0.6 is 7.82 Å². The maximum absolute atomic E-state index is 16.9. The van der Waals surface area contributed by atoms with Crippen LogP contribution in [0, 0.1) is 41.2 Å². The molecule has 2 bridgehead atoms. The zero-order chi connectivity index (χ0) is 80.9. The molecule has 0 aliphatic carbocycles. The second kappa shape index (κ2) is 33.9. The number of ether oxygens (including phenoxy) is 4.